The molecule has 3 rings (SSSR count). The Morgan fingerprint density at radius 1 is 1.15 bits per heavy atom. The van der Waals surface area contributed by atoms with Crippen LogP contribution in [0, 0.1) is 5.92 Å². The van der Waals surface area contributed by atoms with Gasteiger partial charge in [0, 0.05) is 17.5 Å². The molecule has 1 N–H and O–H groups in total. The summed E-state index contributed by atoms with van der Waals surface area (Å²) in [6.07, 6.45) is 6.40. The van der Waals surface area contributed by atoms with Crippen LogP contribution in [0.5, 0.6) is 0 Å². The molecule has 1 aliphatic rings. The van der Waals surface area contributed by atoms with Crippen LogP contribution in [-0.2, 0) is 14.6 Å². The first kappa shape index (κ1) is 19.0. The Balaban J connectivity index is 1.79. The van der Waals surface area contributed by atoms with Crippen molar-refractivity contribution in [3.63, 3.8) is 0 Å². The molecule has 5 nitrogen and oxygen atoms in total. The van der Waals surface area contributed by atoms with Gasteiger partial charge in [-0.1, -0.05) is 30.9 Å². The maximum absolute atomic E-state index is 13.1. The average Bonchev–Trinajstić information content (AvgIpc) is 3.17. The molecule has 140 valence electrons. The molecule has 1 fully saturated rings. The van der Waals surface area contributed by atoms with E-state index in [1.807, 2.05) is 0 Å². The van der Waals surface area contributed by atoms with Gasteiger partial charge in [-0.25, -0.2) is 8.42 Å². The SMILES string of the molecule is O=C(NC[C@@H](c1ccco1)S(=O)(=O)c1ccc(Cl)cc1)C1CCCCC1. The van der Waals surface area contributed by atoms with Gasteiger partial charge in [-0.05, 0) is 49.2 Å². The first-order valence-corrected chi connectivity index (χ1v) is 10.7. The summed E-state index contributed by atoms with van der Waals surface area (Å²) in [6, 6.07) is 9.27. The Morgan fingerprint density at radius 3 is 2.46 bits per heavy atom. The summed E-state index contributed by atoms with van der Waals surface area (Å²) in [7, 11) is -3.73. The Bertz CT molecular complexity index is 825. The molecule has 1 heterocycles. The number of carbonyl (C=O) groups is 1. The number of carbonyl (C=O) groups excluding carboxylic acids is 1. The van der Waals surface area contributed by atoms with Crippen molar-refractivity contribution in [1.29, 1.82) is 0 Å². The second-order valence-corrected chi connectivity index (χ2v) is 9.15. The molecular formula is C19H22ClNO4S. The van der Waals surface area contributed by atoms with Gasteiger partial charge >= 0.3 is 0 Å². The van der Waals surface area contributed by atoms with Gasteiger partial charge in [0.25, 0.3) is 0 Å². The Morgan fingerprint density at radius 2 is 1.85 bits per heavy atom. The lowest BCUT2D eigenvalue weighted by atomic mass is 9.89. The number of benzene rings is 1. The van der Waals surface area contributed by atoms with E-state index in [1.54, 1.807) is 12.1 Å². The summed E-state index contributed by atoms with van der Waals surface area (Å²) in [5.41, 5.74) is 0. The number of amides is 1. The van der Waals surface area contributed by atoms with Gasteiger partial charge < -0.3 is 9.73 Å². The first-order chi connectivity index (χ1) is 12.5. The standard InChI is InChI=1S/C19H22ClNO4S/c20-15-8-10-16(11-9-15)26(23,24)18(17-7-4-12-25-17)13-21-19(22)14-5-2-1-3-6-14/h4,7-12,14,18H,1-3,5-6,13H2,(H,21,22)/t18-/m0/s1. The number of halogens is 1. The van der Waals surface area contributed by atoms with E-state index in [0.717, 1.165) is 32.1 Å². The van der Waals surface area contributed by atoms with Crippen molar-refractivity contribution in [1.82, 2.24) is 5.32 Å². The maximum Gasteiger partial charge on any atom is 0.223 e. The lowest BCUT2D eigenvalue weighted by Crippen LogP contribution is -2.36. The number of furan rings is 1. The van der Waals surface area contributed by atoms with Crippen molar-refractivity contribution in [2.24, 2.45) is 5.92 Å². The van der Waals surface area contributed by atoms with Gasteiger partial charge in [0.05, 0.1) is 11.2 Å². The Kier molecular flexibility index (Phi) is 6.04. The van der Waals surface area contributed by atoms with E-state index in [9.17, 15) is 13.2 Å². The molecule has 0 bridgehead atoms. The van der Waals surface area contributed by atoms with Crippen LogP contribution in [0.2, 0.25) is 5.02 Å². The minimum atomic E-state index is -3.73. The van der Waals surface area contributed by atoms with Crippen LogP contribution in [0.15, 0.2) is 52.0 Å². The highest BCUT2D eigenvalue weighted by Crippen LogP contribution is 2.30. The monoisotopic (exact) mass is 395 g/mol. The van der Waals surface area contributed by atoms with Gasteiger partial charge in [0.15, 0.2) is 9.84 Å². The summed E-state index contributed by atoms with van der Waals surface area (Å²) in [5, 5.41) is 2.31. The zero-order chi connectivity index (χ0) is 18.6. The van der Waals surface area contributed by atoms with Crippen molar-refractivity contribution in [3.8, 4) is 0 Å². The molecule has 7 heteroatoms. The van der Waals surface area contributed by atoms with E-state index >= 15 is 0 Å². The highest BCUT2D eigenvalue weighted by molar-refractivity contribution is 7.91. The fraction of sp³-hybridized carbons (Fsp3) is 0.421. The van der Waals surface area contributed by atoms with Crippen molar-refractivity contribution < 1.29 is 17.6 Å². The van der Waals surface area contributed by atoms with Gasteiger partial charge in [0.2, 0.25) is 5.91 Å². The third-order valence-corrected chi connectivity index (χ3v) is 7.14. The molecule has 1 atom stereocenters. The van der Waals surface area contributed by atoms with E-state index in [4.69, 9.17) is 16.0 Å². The van der Waals surface area contributed by atoms with E-state index < -0.39 is 15.1 Å². The van der Waals surface area contributed by atoms with Gasteiger partial charge in [0.1, 0.15) is 11.0 Å². The highest BCUT2D eigenvalue weighted by atomic mass is 35.5. The lowest BCUT2D eigenvalue weighted by Gasteiger charge is -2.22. The normalized spacial score (nSPS) is 17.0. The molecule has 1 saturated carbocycles. The quantitative estimate of drug-likeness (QED) is 0.797. The van der Waals surface area contributed by atoms with Crippen molar-refractivity contribution >= 4 is 27.3 Å². The molecule has 2 aromatic rings. The smallest absolute Gasteiger partial charge is 0.223 e. The fourth-order valence-electron chi connectivity index (χ4n) is 3.33. The second-order valence-electron chi connectivity index (χ2n) is 6.58. The predicted octanol–water partition coefficient (Wildman–Crippen LogP) is 4.14. The summed E-state index contributed by atoms with van der Waals surface area (Å²) < 4.78 is 31.5. The Hall–Kier alpha value is -1.79. The maximum atomic E-state index is 13.1. The topological polar surface area (TPSA) is 76.4 Å². The fourth-order valence-corrected chi connectivity index (χ4v) is 5.04. The van der Waals surface area contributed by atoms with E-state index in [-0.39, 0.29) is 23.3 Å². The number of sulfone groups is 1. The van der Waals surface area contributed by atoms with E-state index in [0.29, 0.717) is 10.8 Å². The number of hydrogen-bond donors (Lipinski definition) is 1. The minimum absolute atomic E-state index is 0.0200. The van der Waals surface area contributed by atoms with Crippen LogP contribution in [0.25, 0.3) is 0 Å². The molecular weight excluding hydrogens is 374 g/mol. The predicted molar refractivity (Wildman–Crippen MR) is 99.7 cm³/mol. The Labute approximate surface area is 158 Å². The van der Waals surface area contributed by atoms with Crippen molar-refractivity contribution in [2.45, 2.75) is 42.2 Å². The van der Waals surface area contributed by atoms with Gasteiger partial charge in [-0.2, -0.15) is 0 Å². The van der Waals surface area contributed by atoms with Crippen LogP contribution >= 0.6 is 11.6 Å². The average molecular weight is 396 g/mol. The molecule has 26 heavy (non-hydrogen) atoms. The molecule has 1 aliphatic carbocycles. The number of nitrogens with one attached hydrogen (secondary N) is 1. The van der Waals surface area contributed by atoms with Crippen LogP contribution < -0.4 is 5.32 Å². The summed E-state index contributed by atoms with van der Waals surface area (Å²) in [4.78, 5) is 12.6. The summed E-state index contributed by atoms with van der Waals surface area (Å²) in [5.74, 6) is 0.204. The summed E-state index contributed by atoms with van der Waals surface area (Å²) in [6.45, 7) is -0.0200. The molecule has 1 aromatic heterocycles. The lowest BCUT2D eigenvalue weighted by molar-refractivity contribution is -0.125. The van der Waals surface area contributed by atoms with Crippen molar-refractivity contribution in [3.05, 3.63) is 53.4 Å². The zero-order valence-electron chi connectivity index (χ0n) is 14.4. The zero-order valence-corrected chi connectivity index (χ0v) is 15.9. The van der Waals surface area contributed by atoms with Crippen LogP contribution in [-0.4, -0.2) is 20.9 Å². The first-order valence-electron chi connectivity index (χ1n) is 8.79. The summed E-state index contributed by atoms with van der Waals surface area (Å²) >= 11 is 5.86. The highest BCUT2D eigenvalue weighted by Gasteiger charge is 2.32. The molecule has 0 aliphatic heterocycles. The van der Waals surface area contributed by atoms with E-state index in [2.05, 4.69) is 5.32 Å². The van der Waals surface area contributed by atoms with Crippen LogP contribution in [0.4, 0.5) is 0 Å². The largest absolute Gasteiger partial charge is 0.468 e. The van der Waals surface area contributed by atoms with Crippen molar-refractivity contribution in [2.75, 3.05) is 6.54 Å². The molecule has 0 unspecified atom stereocenters. The van der Waals surface area contributed by atoms with E-state index in [1.165, 1.54) is 30.5 Å². The van der Waals surface area contributed by atoms with Crippen LogP contribution in [0.1, 0.15) is 43.1 Å². The number of hydrogen-bond acceptors (Lipinski definition) is 4. The molecule has 0 saturated heterocycles. The second kappa shape index (κ2) is 8.27. The third kappa shape index (κ3) is 4.30. The molecule has 0 radical (unpaired) electrons. The minimum Gasteiger partial charge on any atom is -0.468 e. The molecule has 1 aromatic carbocycles. The molecule has 0 spiro atoms. The van der Waals surface area contributed by atoms with Crippen LogP contribution in [0.3, 0.4) is 0 Å². The van der Waals surface area contributed by atoms with Gasteiger partial charge in [-0.3, -0.25) is 4.79 Å². The third-order valence-electron chi connectivity index (χ3n) is 4.81. The van der Waals surface area contributed by atoms with Gasteiger partial charge in [-0.15, -0.1) is 0 Å². The molecule has 1 amide bonds. The number of rotatable bonds is 6.